The van der Waals surface area contributed by atoms with Crippen molar-refractivity contribution in [3.63, 3.8) is 0 Å². The smallest absolute Gasteiger partial charge is 0.265 e. The Morgan fingerprint density at radius 3 is 2.53 bits per heavy atom. The summed E-state index contributed by atoms with van der Waals surface area (Å²) in [4.78, 5) is 5.77. The van der Waals surface area contributed by atoms with Crippen LogP contribution in [0, 0.1) is 17.9 Å². The Morgan fingerprint density at radius 2 is 1.79 bits per heavy atom. The molecule has 3 aromatic rings. The summed E-state index contributed by atoms with van der Waals surface area (Å²) in [5.41, 5.74) is 6.74. The third kappa shape index (κ3) is 4.35. The van der Waals surface area contributed by atoms with Crippen LogP contribution in [0.2, 0.25) is 0 Å². The number of benzene rings is 3. The predicted octanol–water partition coefficient (Wildman–Crippen LogP) is 7.14. The molecular formula is C30H23N3O. The maximum atomic E-state index is 9.41. The molecule has 0 aliphatic carbocycles. The van der Waals surface area contributed by atoms with E-state index in [1.807, 2.05) is 60.7 Å². The summed E-state index contributed by atoms with van der Waals surface area (Å²) in [7, 11) is 0. The molecule has 2 heterocycles. The topological polar surface area (TPSA) is 40.6 Å². The quantitative estimate of drug-likeness (QED) is 0.319. The monoisotopic (exact) mass is 441 g/mol. The first-order chi connectivity index (χ1) is 16.7. The van der Waals surface area contributed by atoms with Gasteiger partial charge in [-0.2, -0.15) is 0 Å². The molecule has 1 atom stereocenters. The van der Waals surface area contributed by atoms with Crippen molar-refractivity contribution in [2.24, 2.45) is 0 Å². The first-order valence-corrected chi connectivity index (χ1v) is 11.3. The number of para-hydroxylation sites is 1. The summed E-state index contributed by atoms with van der Waals surface area (Å²) >= 11 is 0. The predicted molar refractivity (Wildman–Crippen MR) is 135 cm³/mol. The molecule has 3 aromatic carbocycles. The maximum Gasteiger partial charge on any atom is 0.265 e. The molecule has 1 unspecified atom stereocenters. The second-order valence-corrected chi connectivity index (χ2v) is 8.32. The summed E-state index contributed by atoms with van der Waals surface area (Å²) in [5, 5.41) is 9.41. The molecule has 2 aliphatic rings. The molecule has 0 saturated heterocycles. The molecule has 0 saturated carbocycles. The number of ether oxygens (including phenoxy) is 1. The molecule has 4 nitrogen and oxygen atoms in total. The lowest BCUT2D eigenvalue weighted by Gasteiger charge is -2.25. The van der Waals surface area contributed by atoms with Crippen molar-refractivity contribution in [3.05, 3.63) is 136 Å². The zero-order valence-electron chi connectivity index (χ0n) is 18.7. The Hall–Kier alpha value is -4.54. The summed E-state index contributed by atoms with van der Waals surface area (Å²) in [6.45, 7) is 8.34. The molecule has 0 amide bonds. The van der Waals surface area contributed by atoms with Crippen LogP contribution in [-0.4, -0.2) is 6.54 Å². The molecule has 0 fully saturated rings. The first-order valence-electron chi connectivity index (χ1n) is 11.3. The molecule has 0 N–H and O–H groups in total. The fraction of sp³-hybridized carbons (Fsp3) is 0.133. The van der Waals surface area contributed by atoms with Crippen LogP contribution in [0.4, 0.5) is 11.4 Å². The van der Waals surface area contributed by atoms with Crippen LogP contribution in [0.15, 0.2) is 108 Å². The van der Waals surface area contributed by atoms with Gasteiger partial charge in [-0.3, -0.25) is 0 Å². The van der Waals surface area contributed by atoms with Gasteiger partial charge in [-0.05, 0) is 65.1 Å². The molecule has 0 spiro atoms. The van der Waals surface area contributed by atoms with Gasteiger partial charge in [0.1, 0.15) is 11.9 Å². The van der Waals surface area contributed by atoms with Gasteiger partial charge in [0.05, 0.1) is 12.6 Å². The average molecular weight is 442 g/mol. The van der Waals surface area contributed by atoms with E-state index in [1.54, 1.807) is 0 Å². The Morgan fingerprint density at radius 1 is 1.03 bits per heavy atom. The van der Waals surface area contributed by atoms with Crippen LogP contribution >= 0.6 is 0 Å². The van der Waals surface area contributed by atoms with Gasteiger partial charge in [-0.25, -0.2) is 10.1 Å². The van der Waals surface area contributed by atoms with Crippen LogP contribution in [-0.2, 0) is 11.2 Å². The minimum atomic E-state index is -0.231. The second-order valence-electron chi connectivity index (χ2n) is 8.32. The van der Waals surface area contributed by atoms with Crippen molar-refractivity contribution in [2.45, 2.75) is 18.9 Å². The van der Waals surface area contributed by atoms with Crippen molar-refractivity contribution in [2.75, 3.05) is 11.4 Å². The van der Waals surface area contributed by atoms with Gasteiger partial charge >= 0.3 is 0 Å². The van der Waals surface area contributed by atoms with Gasteiger partial charge in [-0.15, -0.1) is 0 Å². The third-order valence-corrected chi connectivity index (χ3v) is 6.20. The lowest BCUT2D eigenvalue weighted by molar-refractivity contribution is 0.118. The SMILES string of the molecule is [C-]#[N+]/C(C#N)=C1C=C(/C=C/c2ccc3c(c2)CCN3c2ccccc2)OC(c2ccccc2)C\1. The van der Waals surface area contributed by atoms with E-state index in [2.05, 4.69) is 52.2 Å². The standard InChI is InChI=1S/C30H23N3O/c1-32-28(21-31)25-19-27(34-30(20-25)23-8-4-2-5-9-23)14-12-22-13-15-29-24(18-22)16-17-33(29)26-10-6-3-7-11-26/h2-15,18-19,30H,16-17,20H2/b14-12+,28-25+. The molecule has 2 aliphatic heterocycles. The average Bonchev–Trinajstić information content (AvgIpc) is 3.32. The normalized spacial score (nSPS) is 18.5. The van der Waals surface area contributed by atoms with E-state index in [0.29, 0.717) is 17.8 Å². The lowest BCUT2D eigenvalue weighted by Crippen LogP contribution is -2.12. The van der Waals surface area contributed by atoms with Crippen LogP contribution < -0.4 is 4.90 Å². The summed E-state index contributed by atoms with van der Waals surface area (Å²) in [6, 6.07) is 28.9. The highest BCUT2D eigenvalue weighted by Crippen LogP contribution is 2.37. The fourth-order valence-electron chi connectivity index (χ4n) is 4.52. The van der Waals surface area contributed by atoms with Gasteiger partial charge < -0.3 is 9.64 Å². The zero-order valence-corrected chi connectivity index (χ0v) is 18.7. The number of nitriles is 1. The van der Waals surface area contributed by atoms with E-state index >= 15 is 0 Å². The summed E-state index contributed by atoms with van der Waals surface area (Å²) < 4.78 is 6.25. The minimum absolute atomic E-state index is 0.119. The molecule has 0 radical (unpaired) electrons. The van der Waals surface area contributed by atoms with Crippen molar-refractivity contribution >= 4 is 17.5 Å². The fourth-order valence-corrected chi connectivity index (χ4v) is 4.52. The molecule has 5 rings (SSSR count). The molecule has 34 heavy (non-hydrogen) atoms. The van der Waals surface area contributed by atoms with Gasteiger partial charge in [0.25, 0.3) is 5.70 Å². The summed E-state index contributed by atoms with van der Waals surface area (Å²) in [5.74, 6) is 0.651. The van der Waals surface area contributed by atoms with Gasteiger partial charge in [0, 0.05) is 24.3 Å². The Kier molecular flexibility index (Phi) is 5.97. The van der Waals surface area contributed by atoms with E-state index in [9.17, 15) is 5.26 Å². The van der Waals surface area contributed by atoms with Crippen molar-refractivity contribution in [1.82, 2.24) is 0 Å². The van der Waals surface area contributed by atoms with E-state index in [4.69, 9.17) is 11.3 Å². The lowest BCUT2D eigenvalue weighted by atomic mass is 9.97. The minimum Gasteiger partial charge on any atom is -0.485 e. The van der Waals surface area contributed by atoms with Gasteiger partial charge in [0.15, 0.2) is 0 Å². The van der Waals surface area contributed by atoms with Crippen molar-refractivity contribution in [3.8, 4) is 6.07 Å². The molecular weight excluding hydrogens is 418 g/mol. The van der Waals surface area contributed by atoms with Crippen molar-refractivity contribution in [1.29, 1.82) is 5.26 Å². The second kappa shape index (κ2) is 9.53. The number of rotatable bonds is 4. The highest BCUT2D eigenvalue weighted by molar-refractivity contribution is 5.72. The van der Waals surface area contributed by atoms with E-state index in [1.165, 1.54) is 16.9 Å². The maximum absolute atomic E-state index is 9.41. The number of hydrogen-bond donors (Lipinski definition) is 0. The highest BCUT2D eigenvalue weighted by Gasteiger charge is 2.23. The zero-order chi connectivity index (χ0) is 23.3. The number of fused-ring (bicyclic) bond motifs is 1. The van der Waals surface area contributed by atoms with E-state index in [-0.39, 0.29) is 11.8 Å². The van der Waals surface area contributed by atoms with Gasteiger partial charge in [0.2, 0.25) is 0 Å². The van der Waals surface area contributed by atoms with E-state index in [0.717, 1.165) is 24.1 Å². The number of hydrogen-bond acceptors (Lipinski definition) is 3. The largest absolute Gasteiger partial charge is 0.485 e. The van der Waals surface area contributed by atoms with Crippen LogP contribution in [0.3, 0.4) is 0 Å². The number of nitrogens with zero attached hydrogens (tertiary/aromatic N) is 3. The highest BCUT2D eigenvalue weighted by atomic mass is 16.5. The van der Waals surface area contributed by atoms with Crippen LogP contribution in [0.1, 0.15) is 29.2 Å². The van der Waals surface area contributed by atoms with E-state index < -0.39 is 0 Å². The third-order valence-electron chi connectivity index (χ3n) is 6.20. The molecule has 0 aromatic heterocycles. The Labute approximate surface area is 200 Å². The first kappa shape index (κ1) is 21.3. The van der Waals surface area contributed by atoms with Crippen molar-refractivity contribution < 1.29 is 4.74 Å². The molecule has 4 heteroatoms. The van der Waals surface area contributed by atoms with Crippen LogP contribution in [0.5, 0.6) is 0 Å². The number of anilines is 2. The Balaban J connectivity index is 1.41. The molecule has 164 valence electrons. The molecule has 0 bridgehead atoms. The Bertz CT molecular complexity index is 1360. The summed E-state index contributed by atoms with van der Waals surface area (Å²) in [6.07, 6.45) is 7.05. The number of allylic oxidation sites excluding steroid dienone is 3. The van der Waals surface area contributed by atoms with Gasteiger partial charge in [-0.1, -0.05) is 60.7 Å². The van der Waals surface area contributed by atoms with Crippen LogP contribution in [0.25, 0.3) is 10.9 Å².